The molecule has 0 radical (unpaired) electrons. The number of piperazine rings is 1. The van der Waals surface area contributed by atoms with E-state index < -0.39 is 4.92 Å². The normalized spacial score (nSPS) is 18.4. The predicted octanol–water partition coefficient (Wildman–Crippen LogP) is 0.318. The number of benzene rings is 1. The highest BCUT2D eigenvalue weighted by molar-refractivity contribution is 5.94. The van der Waals surface area contributed by atoms with Gasteiger partial charge in [-0.2, -0.15) is 0 Å². The third kappa shape index (κ3) is 5.96. The molecule has 10 nitrogen and oxygen atoms in total. The van der Waals surface area contributed by atoms with Crippen LogP contribution in [0.4, 0.5) is 11.4 Å². The molecule has 29 heavy (non-hydrogen) atoms. The van der Waals surface area contributed by atoms with Crippen LogP contribution in [0, 0.1) is 17.0 Å². The Hall–Kier alpha value is -2.56. The number of anilines is 1. The molecular weight excluding hydrogens is 378 g/mol. The first-order valence-corrected chi connectivity index (χ1v) is 9.77. The minimum absolute atomic E-state index is 0.103. The van der Waals surface area contributed by atoms with Gasteiger partial charge in [0.25, 0.3) is 5.69 Å². The maximum atomic E-state index is 12.4. The molecular formula is C19H27N5O5. The van der Waals surface area contributed by atoms with Gasteiger partial charge in [-0.05, 0) is 18.6 Å². The first kappa shape index (κ1) is 21.2. The summed E-state index contributed by atoms with van der Waals surface area (Å²) in [7, 11) is 0. The van der Waals surface area contributed by atoms with Gasteiger partial charge in [-0.25, -0.2) is 0 Å². The van der Waals surface area contributed by atoms with Gasteiger partial charge in [-0.3, -0.25) is 29.5 Å². The number of morpholine rings is 1. The number of amides is 2. The van der Waals surface area contributed by atoms with Gasteiger partial charge in [-0.1, -0.05) is 6.07 Å². The zero-order valence-corrected chi connectivity index (χ0v) is 16.6. The van der Waals surface area contributed by atoms with Crippen molar-refractivity contribution >= 4 is 23.2 Å². The van der Waals surface area contributed by atoms with Crippen molar-refractivity contribution in [3.05, 3.63) is 33.9 Å². The van der Waals surface area contributed by atoms with Crippen molar-refractivity contribution in [3.8, 4) is 0 Å². The van der Waals surface area contributed by atoms with Crippen LogP contribution in [0.25, 0.3) is 0 Å². The van der Waals surface area contributed by atoms with Crippen LogP contribution in [-0.4, -0.2) is 97.0 Å². The van der Waals surface area contributed by atoms with Crippen LogP contribution in [0.3, 0.4) is 0 Å². The predicted molar refractivity (Wildman–Crippen MR) is 107 cm³/mol. The molecule has 0 saturated carbocycles. The van der Waals surface area contributed by atoms with E-state index in [-0.39, 0.29) is 29.7 Å². The fraction of sp³-hybridized carbons (Fsp3) is 0.579. The van der Waals surface area contributed by atoms with E-state index in [4.69, 9.17) is 4.74 Å². The number of carbonyl (C=O) groups is 2. The van der Waals surface area contributed by atoms with Crippen LogP contribution in [-0.2, 0) is 14.3 Å². The minimum atomic E-state index is -0.499. The van der Waals surface area contributed by atoms with E-state index in [1.54, 1.807) is 19.1 Å². The lowest BCUT2D eigenvalue weighted by Crippen LogP contribution is -2.53. The molecule has 0 spiro atoms. The summed E-state index contributed by atoms with van der Waals surface area (Å²) in [6.07, 6.45) is 0. The second kappa shape index (κ2) is 9.77. The zero-order chi connectivity index (χ0) is 20.8. The fourth-order valence-corrected chi connectivity index (χ4v) is 3.50. The largest absolute Gasteiger partial charge is 0.379 e. The lowest BCUT2D eigenvalue weighted by atomic mass is 10.2. The summed E-state index contributed by atoms with van der Waals surface area (Å²) in [6, 6.07) is 4.71. The molecule has 2 aliphatic rings. The van der Waals surface area contributed by atoms with Gasteiger partial charge in [0.05, 0.1) is 31.2 Å². The van der Waals surface area contributed by atoms with E-state index in [9.17, 15) is 19.7 Å². The van der Waals surface area contributed by atoms with Crippen molar-refractivity contribution in [2.45, 2.75) is 6.92 Å². The fourth-order valence-electron chi connectivity index (χ4n) is 3.50. The number of ether oxygens (including phenoxy) is 1. The summed E-state index contributed by atoms with van der Waals surface area (Å²) >= 11 is 0. The van der Waals surface area contributed by atoms with Gasteiger partial charge >= 0.3 is 0 Å². The van der Waals surface area contributed by atoms with E-state index in [2.05, 4.69) is 10.2 Å². The van der Waals surface area contributed by atoms with Gasteiger partial charge in [0.1, 0.15) is 5.69 Å². The Balaban J connectivity index is 1.45. The second-order valence-electron chi connectivity index (χ2n) is 7.37. The summed E-state index contributed by atoms with van der Waals surface area (Å²) in [5.41, 5.74) is 0.842. The van der Waals surface area contributed by atoms with E-state index in [0.29, 0.717) is 45.9 Å². The molecule has 158 valence electrons. The van der Waals surface area contributed by atoms with Crippen LogP contribution in [0.15, 0.2) is 18.2 Å². The highest BCUT2D eigenvalue weighted by Crippen LogP contribution is 2.25. The maximum Gasteiger partial charge on any atom is 0.293 e. The molecule has 0 bridgehead atoms. The number of nitrogens with one attached hydrogen (secondary N) is 1. The van der Waals surface area contributed by atoms with E-state index in [1.807, 2.05) is 9.80 Å². The third-order valence-corrected chi connectivity index (χ3v) is 5.18. The van der Waals surface area contributed by atoms with Gasteiger partial charge in [0.15, 0.2) is 0 Å². The molecule has 3 rings (SSSR count). The van der Waals surface area contributed by atoms with Crippen molar-refractivity contribution in [2.24, 2.45) is 0 Å². The number of hydrogen-bond donors (Lipinski definition) is 1. The zero-order valence-electron chi connectivity index (χ0n) is 16.6. The van der Waals surface area contributed by atoms with Crippen molar-refractivity contribution in [1.82, 2.24) is 14.7 Å². The number of carbonyl (C=O) groups excluding carboxylic acids is 2. The molecule has 2 fully saturated rings. The van der Waals surface area contributed by atoms with Crippen LogP contribution in [0.2, 0.25) is 0 Å². The summed E-state index contributed by atoms with van der Waals surface area (Å²) in [5.74, 6) is -0.198. The van der Waals surface area contributed by atoms with Crippen LogP contribution in [0.1, 0.15) is 5.56 Å². The number of nitro benzene ring substituents is 1. The summed E-state index contributed by atoms with van der Waals surface area (Å²) in [6.45, 7) is 7.51. The van der Waals surface area contributed by atoms with E-state index in [0.717, 1.165) is 18.7 Å². The lowest BCUT2D eigenvalue weighted by Gasteiger charge is -2.36. The monoisotopic (exact) mass is 405 g/mol. The average molecular weight is 405 g/mol. The molecule has 0 aliphatic carbocycles. The van der Waals surface area contributed by atoms with Crippen molar-refractivity contribution in [2.75, 3.05) is 70.9 Å². The molecule has 1 aromatic rings. The molecule has 0 aromatic heterocycles. The van der Waals surface area contributed by atoms with Gasteiger partial charge in [-0.15, -0.1) is 0 Å². The Morgan fingerprint density at radius 1 is 1.07 bits per heavy atom. The van der Waals surface area contributed by atoms with E-state index in [1.165, 1.54) is 6.07 Å². The maximum absolute atomic E-state index is 12.4. The minimum Gasteiger partial charge on any atom is -0.379 e. The van der Waals surface area contributed by atoms with Gasteiger partial charge in [0.2, 0.25) is 11.8 Å². The molecule has 1 N–H and O–H groups in total. The summed E-state index contributed by atoms with van der Waals surface area (Å²) in [5, 5.41) is 13.8. The highest BCUT2D eigenvalue weighted by atomic mass is 16.6. The molecule has 1 aromatic carbocycles. The Morgan fingerprint density at radius 3 is 2.38 bits per heavy atom. The molecule has 2 saturated heterocycles. The third-order valence-electron chi connectivity index (χ3n) is 5.18. The number of nitro groups is 1. The Labute approximate surface area is 169 Å². The standard InChI is InChI=1S/C19H27N5O5/c1-15-2-3-16(17(12-15)24(27)28)20-18(25)13-21-4-6-23(7-5-21)19(26)14-22-8-10-29-11-9-22/h2-3,12H,4-11,13-14H2,1H3,(H,20,25). The molecule has 2 amide bonds. The second-order valence-corrected chi connectivity index (χ2v) is 7.37. The quantitative estimate of drug-likeness (QED) is 0.536. The number of nitrogens with zero attached hydrogens (tertiary/aromatic N) is 4. The van der Waals surface area contributed by atoms with Crippen molar-refractivity contribution in [3.63, 3.8) is 0 Å². The van der Waals surface area contributed by atoms with Crippen LogP contribution in [0.5, 0.6) is 0 Å². The summed E-state index contributed by atoms with van der Waals surface area (Å²) < 4.78 is 5.30. The highest BCUT2D eigenvalue weighted by Gasteiger charge is 2.25. The number of aryl methyl sites for hydroxylation is 1. The molecule has 0 atom stereocenters. The smallest absolute Gasteiger partial charge is 0.293 e. The van der Waals surface area contributed by atoms with Crippen LogP contribution < -0.4 is 5.32 Å². The Kier molecular flexibility index (Phi) is 7.13. The Bertz CT molecular complexity index is 757. The van der Waals surface area contributed by atoms with Gasteiger partial charge in [0, 0.05) is 45.3 Å². The van der Waals surface area contributed by atoms with E-state index >= 15 is 0 Å². The molecule has 2 heterocycles. The summed E-state index contributed by atoms with van der Waals surface area (Å²) in [4.78, 5) is 41.4. The van der Waals surface area contributed by atoms with Gasteiger partial charge < -0.3 is 15.0 Å². The average Bonchev–Trinajstić information content (AvgIpc) is 2.70. The first-order valence-electron chi connectivity index (χ1n) is 9.77. The van der Waals surface area contributed by atoms with Crippen molar-refractivity contribution < 1.29 is 19.2 Å². The lowest BCUT2D eigenvalue weighted by molar-refractivity contribution is -0.384. The number of hydrogen-bond acceptors (Lipinski definition) is 7. The van der Waals surface area contributed by atoms with Crippen molar-refractivity contribution in [1.29, 1.82) is 0 Å². The topological polar surface area (TPSA) is 108 Å². The molecule has 10 heteroatoms. The number of rotatable bonds is 6. The molecule has 0 unspecified atom stereocenters. The Morgan fingerprint density at radius 2 is 1.72 bits per heavy atom. The first-order chi connectivity index (χ1) is 13.9. The molecule has 2 aliphatic heterocycles. The van der Waals surface area contributed by atoms with Crippen LogP contribution >= 0.6 is 0 Å². The SMILES string of the molecule is Cc1ccc(NC(=O)CN2CCN(C(=O)CN3CCOCC3)CC2)c([N+](=O)[O-])c1.